The molecule has 4 aromatic rings. The Balaban J connectivity index is 1.23. The minimum absolute atomic E-state index is 0.260. The van der Waals surface area contributed by atoms with Crippen molar-refractivity contribution in [2.24, 2.45) is 0 Å². The summed E-state index contributed by atoms with van der Waals surface area (Å²) in [6.45, 7) is 2.26. The van der Waals surface area contributed by atoms with E-state index < -0.39 is 0 Å². The minimum Gasteiger partial charge on any atom is -0.307 e. The Morgan fingerprint density at radius 1 is 1.09 bits per heavy atom. The average Bonchev–Trinajstić information content (AvgIpc) is 3.35. The fraction of sp³-hybridized carbons (Fsp3) is 0.276. The van der Waals surface area contributed by atoms with E-state index in [4.69, 9.17) is 5.26 Å². The van der Waals surface area contributed by atoms with Gasteiger partial charge in [0.1, 0.15) is 17.5 Å². The first-order chi connectivity index (χ1) is 17.1. The summed E-state index contributed by atoms with van der Waals surface area (Å²) in [5.41, 5.74) is 3.48. The van der Waals surface area contributed by atoms with Gasteiger partial charge in [-0.05, 0) is 66.1 Å². The minimum atomic E-state index is -0.260. The van der Waals surface area contributed by atoms with Crippen LogP contribution in [-0.2, 0) is 0 Å². The number of H-pyrrole nitrogens is 1. The van der Waals surface area contributed by atoms with Crippen molar-refractivity contribution in [1.82, 2.24) is 15.5 Å². The number of nitriles is 1. The molecule has 1 amide bonds. The number of hydrogen-bond acceptors (Lipinski definition) is 4. The van der Waals surface area contributed by atoms with Crippen molar-refractivity contribution in [2.45, 2.75) is 50.6 Å². The molecular weight excluding hydrogens is 434 g/mol. The molecule has 0 saturated heterocycles. The molecule has 0 aliphatic heterocycles. The average molecular weight is 464 g/mol. The largest absolute Gasteiger partial charge is 0.307 e. The highest BCUT2D eigenvalue weighted by Gasteiger charge is 2.25. The molecule has 3 atom stereocenters. The van der Waals surface area contributed by atoms with Crippen LogP contribution in [-0.4, -0.2) is 22.1 Å². The highest BCUT2D eigenvalue weighted by atomic mass is 16.1. The van der Waals surface area contributed by atoms with E-state index in [1.54, 1.807) is 0 Å². The summed E-state index contributed by atoms with van der Waals surface area (Å²) in [5.74, 6) is 0.531. The van der Waals surface area contributed by atoms with Gasteiger partial charge in [-0.15, -0.1) is 0 Å². The van der Waals surface area contributed by atoms with E-state index in [1.165, 1.54) is 40.9 Å². The van der Waals surface area contributed by atoms with E-state index in [0.717, 1.165) is 12.8 Å². The van der Waals surface area contributed by atoms with Crippen LogP contribution in [0.3, 0.4) is 0 Å². The summed E-state index contributed by atoms with van der Waals surface area (Å²) < 4.78 is 0. The smallest absolute Gasteiger partial charge is 0.256 e. The molecule has 1 aromatic heterocycles. The zero-order valence-corrected chi connectivity index (χ0v) is 19.8. The molecule has 6 nitrogen and oxygen atoms in total. The number of nitrogens with zero attached hydrogens (tertiary/aromatic N) is 2. The first-order valence-corrected chi connectivity index (χ1v) is 12.2. The highest BCUT2D eigenvalue weighted by molar-refractivity contribution is 6.04. The Morgan fingerprint density at radius 3 is 2.71 bits per heavy atom. The highest BCUT2D eigenvalue weighted by Crippen LogP contribution is 2.34. The molecule has 176 valence electrons. The van der Waals surface area contributed by atoms with Gasteiger partial charge in [0.25, 0.3) is 5.91 Å². The second-order valence-electron chi connectivity index (χ2n) is 9.36. The van der Waals surface area contributed by atoms with Gasteiger partial charge < -0.3 is 10.6 Å². The van der Waals surface area contributed by atoms with Crippen LogP contribution in [0.15, 0.2) is 72.9 Å². The zero-order chi connectivity index (χ0) is 24.2. The van der Waals surface area contributed by atoms with E-state index >= 15 is 0 Å². The normalized spacial score (nSPS) is 18.6. The molecule has 1 heterocycles. The molecule has 1 saturated carbocycles. The molecule has 0 spiro atoms. The van der Waals surface area contributed by atoms with Crippen LogP contribution in [0.1, 0.15) is 71.6 Å². The quantitative estimate of drug-likeness (QED) is 0.324. The predicted octanol–water partition coefficient (Wildman–Crippen LogP) is 6.06. The number of rotatable bonds is 6. The molecule has 6 heteroatoms. The van der Waals surface area contributed by atoms with E-state index in [1.807, 2.05) is 18.2 Å². The number of hydrogen-bond donors (Lipinski definition) is 3. The van der Waals surface area contributed by atoms with Crippen molar-refractivity contribution >= 4 is 22.5 Å². The summed E-state index contributed by atoms with van der Waals surface area (Å²) in [6.07, 6.45) is 6.00. The second kappa shape index (κ2) is 10.1. The maximum atomic E-state index is 12.6. The first-order valence-electron chi connectivity index (χ1n) is 12.2. The monoisotopic (exact) mass is 463 g/mol. The predicted molar refractivity (Wildman–Crippen MR) is 138 cm³/mol. The van der Waals surface area contributed by atoms with Crippen LogP contribution < -0.4 is 10.6 Å². The summed E-state index contributed by atoms with van der Waals surface area (Å²) in [6, 6.07) is 25.7. The van der Waals surface area contributed by atoms with E-state index in [-0.39, 0.29) is 11.9 Å². The van der Waals surface area contributed by atoms with Gasteiger partial charge in [0.05, 0.1) is 6.20 Å². The fourth-order valence-electron chi connectivity index (χ4n) is 5.27. The molecule has 0 bridgehead atoms. The number of aromatic nitrogens is 2. The van der Waals surface area contributed by atoms with Gasteiger partial charge in [-0.2, -0.15) is 10.4 Å². The number of fused-ring (bicyclic) bond motifs is 1. The van der Waals surface area contributed by atoms with Crippen molar-refractivity contribution in [3.05, 3.63) is 95.2 Å². The molecule has 2 unspecified atom stereocenters. The lowest BCUT2D eigenvalue weighted by Gasteiger charge is -2.32. The van der Waals surface area contributed by atoms with Gasteiger partial charge in [0, 0.05) is 17.6 Å². The lowest BCUT2D eigenvalue weighted by molar-refractivity contribution is 0.102. The van der Waals surface area contributed by atoms with Gasteiger partial charge >= 0.3 is 0 Å². The topological polar surface area (TPSA) is 93.6 Å². The summed E-state index contributed by atoms with van der Waals surface area (Å²) >= 11 is 0. The van der Waals surface area contributed by atoms with Crippen molar-refractivity contribution in [1.29, 1.82) is 5.26 Å². The lowest BCUT2D eigenvalue weighted by Crippen LogP contribution is -2.35. The van der Waals surface area contributed by atoms with Crippen molar-refractivity contribution in [3.63, 3.8) is 0 Å². The van der Waals surface area contributed by atoms with Crippen molar-refractivity contribution in [2.75, 3.05) is 5.32 Å². The third-order valence-corrected chi connectivity index (χ3v) is 7.09. The van der Waals surface area contributed by atoms with Gasteiger partial charge in [-0.3, -0.25) is 9.89 Å². The van der Waals surface area contributed by atoms with Crippen LogP contribution in [0.25, 0.3) is 10.8 Å². The number of amides is 1. The van der Waals surface area contributed by atoms with Gasteiger partial charge in [0.2, 0.25) is 0 Å². The van der Waals surface area contributed by atoms with Crippen LogP contribution in [0.4, 0.5) is 5.82 Å². The van der Waals surface area contributed by atoms with E-state index in [0.29, 0.717) is 28.9 Å². The maximum absolute atomic E-state index is 12.6. The molecule has 3 N–H and O–H groups in total. The van der Waals surface area contributed by atoms with Gasteiger partial charge in [-0.25, -0.2) is 0 Å². The molecule has 1 aliphatic carbocycles. The molecular formula is C29H29N5O. The number of benzene rings is 3. The van der Waals surface area contributed by atoms with Crippen LogP contribution in [0.5, 0.6) is 0 Å². The van der Waals surface area contributed by atoms with E-state index in [2.05, 4.69) is 82.4 Å². The van der Waals surface area contributed by atoms with Gasteiger partial charge in [-0.1, -0.05) is 61.0 Å². The van der Waals surface area contributed by atoms with Crippen LogP contribution in [0, 0.1) is 11.3 Å². The summed E-state index contributed by atoms with van der Waals surface area (Å²) in [4.78, 5) is 12.6. The molecule has 5 rings (SSSR count). The Hall–Kier alpha value is -3.95. The SMILES string of the molecule is CC(NC1CCC[C@H](c2ccc(C(=O)Nc3[nH]ncc3C#N)cc2)C1)c1cccc2ccccc12. The lowest BCUT2D eigenvalue weighted by atomic mass is 9.80. The number of aromatic amines is 1. The Bertz CT molecular complexity index is 1360. The number of carbonyl (C=O) groups excluding carboxylic acids is 1. The number of anilines is 1. The zero-order valence-electron chi connectivity index (χ0n) is 19.8. The van der Waals surface area contributed by atoms with Gasteiger partial charge in [0.15, 0.2) is 0 Å². The Labute approximate surface area is 205 Å². The Kier molecular flexibility index (Phi) is 6.60. The number of carbonyl (C=O) groups is 1. The summed E-state index contributed by atoms with van der Waals surface area (Å²) in [7, 11) is 0. The molecule has 1 aliphatic rings. The molecule has 0 radical (unpaired) electrons. The maximum Gasteiger partial charge on any atom is 0.256 e. The van der Waals surface area contributed by atoms with Crippen molar-refractivity contribution in [3.8, 4) is 6.07 Å². The second-order valence-corrected chi connectivity index (χ2v) is 9.36. The molecule has 1 fully saturated rings. The third-order valence-electron chi connectivity index (χ3n) is 7.09. The molecule has 35 heavy (non-hydrogen) atoms. The summed E-state index contributed by atoms with van der Waals surface area (Å²) in [5, 5.41) is 24.8. The molecule has 3 aromatic carbocycles. The van der Waals surface area contributed by atoms with Crippen LogP contribution >= 0.6 is 0 Å². The number of nitrogens with one attached hydrogen (secondary N) is 3. The van der Waals surface area contributed by atoms with Crippen LogP contribution in [0.2, 0.25) is 0 Å². The Morgan fingerprint density at radius 2 is 1.89 bits per heavy atom. The first kappa shape index (κ1) is 22.8. The van der Waals surface area contributed by atoms with E-state index in [9.17, 15) is 4.79 Å². The standard InChI is InChI=1S/C29H29N5O/c1-19(26-11-5-7-21-6-2-3-10-27(21)26)32-25-9-4-8-23(16-25)20-12-14-22(15-13-20)29(35)33-28-24(17-30)18-31-34-28/h2-3,5-7,10-15,18-19,23,25,32H,4,8-9,16H2,1H3,(H2,31,33,34,35)/t19?,23-,25?/m0/s1. The van der Waals surface area contributed by atoms with Crippen molar-refractivity contribution < 1.29 is 4.79 Å². The fourth-order valence-corrected chi connectivity index (χ4v) is 5.27. The third kappa shape index (κ3) is 4.96.